The summed E-state index contributed by atoms with van der Waals surface area (Å²) >= 11 is 0. The highest BCUT2D eigenvalue weighted by molar-refractivity contribution is 6.01. The maximum atomic E-state index is 13.3. The van der Waals surface area contributed by atoms with Crippen LogP contribution in [0.4, 0.5) is 17.6 Å². The molecule has 1 aromatic carbocycles. The fraction of sp³-hybridized carbons (Fsp3) is 0.526. The fourth-order valence-corrected chi connectivity index (χ4v) is 1.99. The summed E-state index contributed by atoms with van der Waals surface area (Å²) < 4.78 is 53.1. The van der Waals surface area contributed by atoms with Gasteiger partial charge in [-0.15, -0.1) is 0 Å². The number of carbonyl (C=O) groups excluding carboxylic acids is 1. The van der Waals surface area contributed by atoms with E-state index in [-0.39, 0.29) is 11.5 Å². The molecule has 0 fully saturated rings. The normalized spacial score (nSPS) is 11.7. The minimum absolute atomic E-state index is 0.220. The molecule has 0 radical (unpaired) electrons. The van der Waals surface area contributed by atoms with Gasteiger partial charge in [-0.1, -0.05) is 47.6 Å². The van der Waals surface area contributed by atoms with Crippen molar-refractivity contribution < 1.29 is 22.4 Å². The number of benzene rings is 1. The molecule has 1 nitrogen and oxygen atoms in total. The van der Waals surface area contributed by atoms with Crippen LogP contribution >= 0.6 is 0 Å². The number of hydrogen-bond donors (Lipinski definition) is 0. The Kier molecular flexibility index (Phi) is 11.3. The summed E-state index contributed by atoms with van der Waals surface area (Å²) in [6, 6.07) is 3.29. The zero-order chi connectivity index (χ0) is 19.7. The Labute approximate surface area is 142 Å². The van der Waals surface area contributed by atoms with Crippen molar-refractivity contribution in [3.63, 3.8) is 0 Å². The van der Waals surface area contributed by atoms with Gasteiger partial charge in [0.1, 0.15) is 5.82 Å². The van der Waals surface area contributed by atoms with Crippen molar-refractivity contribution in [3.05, 3.63) is 40.7 Å². The van der Waals surface area contributed by atoms with Crippen molar-refractivity contribution in [2.24, 2.45) is 0 Å². The van der Waals surface area contributed by atoms with E-state index in [2.05, 4.69) is 0 Å². The molecule has 1 aromatic rings. The maximum absolute atomic E-state index is 13.3. The largest absolute Gasteiger partial charge is 0.417 e. The smallest absolute Gasteiger partial charge is 0.295 e. The van der Waals surface area contributed by atoms with Gasteiger partial charge in [0.2, 0.25) is 0 Å². The van der Waals surface area contributed by atoms with Gasteiger partial charge in [0.25, 0.3) is 0 Å². The number of ketones is 1. The number of allylic oxidation sites excluding steroid dienone is 2. The Hall–Kier alpha value is -1.65. The SMILES string of the molecule is CC.CC.CC(=O)/C(C)=C(\c1cc(F)ccc1C(C)C)C(F)(F)F. The van der Waals surface area contributed by atoms with Crippen LogP contribution in [0.5, 0.6) is 0 Å². The number of Topliss-reactive ketones (excluding diaryl/α,β-unsaturated/α-hetero) is 1. The standard InChI is InChI=1S/C15H16F4O.2C2H6/c1-8(2)12-6-5-11(16)7-13(12)14(15(17,18)19)9(3)10(4)20;2*1-2/h5-8H,1-4H3;2*1-2H3/b14-9+;;. The van der Waals surface area contributed by atoms with E-state index in [0.29, 0.717) is 5.56 Å². The second kappa shape index (κ2) is 11.0. The lowest BCUT2D eigenvalue weighted by Crippen LogP contribution is -2.17. The van der Waals surface area contributed by atoms with E-state index in [4.69, 9.17) is 0 Å². The minimum atomic E-state index is -4.72. The van der Waals surface area contributed by atoms with E-state index in [1.54, 1.807) is 13.8 Å². The van der Waals surface area contributed by atoms with E-state index in [9.17, 15) is 22.4 Å². The van der Waals surface area contributed by atoms with Crippen molar-refractivity contribution in [2.45, 2.75) is 67.5 Å². The number of rotatable bonds is 3. The quantitative estimate of drug-likeness (QED) is 0.428. The monoisotopic (exact) mass is 348 g/mol. The Bertz CT molecular complexity index is 555. The number of carbonyl (C=O) groups is 1. The molecule has 0 heterocycles. The lowest BCUT2D eigenvalue weighted by atomic mass is 9.89. The van der Waals surface area contributed by atoms with Gasteiger partial charge in [-0.25, -0.2) is 4.39 Å². The highest BCUT2D eigenvalue weighted by atomic mass is 19.4. The molecule has 0 saturated heterocycles. The van der Waals surface area contributed by atoms with Crippen LogP contribution in [0.25, 0.3) is 5.57 Å². The predicted octanol–water partition coefficient (Wildman–Crippen LogP) is 6.93. The van der Waals surface area contributed by atoms with Crippen molar-refractivity contribution in [1.29, 1.82) is 0 Å². The molecule has 24 heavy (non-hydrogen) atoms. The molecule has 1 rings (SSSR count). The Balaban J connectivity index is 0. The van der Waals surface area contributed by atoms with Crippen LogP contribution in [0.3, 0.4) is 0 Å². The molecule has 0 amide bonds. The summed E-state index contributed by atoms with van der Waals surface area (Å²) in [4.78, 5) is 11.3. The van der Waals surface area contributed by atoms with Crippen LogP contribution in [0, 0.1) is 5.82 Å². The summed E-state index contributed by atoms with van der Waals surface area (Å²) in [5.41, 5.74) is -1.38. The first-order chi connectivity index (χ1) is 11.1. The molecule has 0 N–H and O–H groups in total. The van der Waals surface area contributed by atoms with Crippen molar-refractivity contribution in [1.82, 2.24) is 0 Å². The number of hydrogen-bond acceptors (Lipinski definition) is 1. The van der Waals surface area contributed by atoms with Crippen molar-refractivity contribution in [2.75, 3.05) is 0 Å². The first kappa shape index (κ1) is 24.6. The molecule has 0 bridgehead atoms. The van der Waals surface area contributed by atoms with E-state index >= 15 is 0 Å². The summed E-state index contributed by atoms with van der Waals surface area (Å²) in [5, 5.41) is 0. The van der Waals surface area contributed by atoms with Crippen LogP contribution < -0.4 is 0 Å². The zero-order valence-corrected chi connectivity index (χ0v) is 15.7. The van der Waals surface area contributed by atoms with Gasteiger partial charge in [0.15, 0.2) is 5.78 Å². The molecule has 0 aliphatic heterocycles. The number of halogens is 4. The highest BCUT2D eigenvalue weighted by Crippen LogP contribution is 2.40. The molecule has 0 aliphatic rings. The van der Waals surface area contributed by atoms with E-state index in [1.807, 2.05) is 27.7 Å². The second-order valence-electron chi connectivity index (χ2n) is 4.94. The molecule has 138 valence electrons. The van der Waals surface area contributed by atoms with Gasteiger partial charge in [-0.2, -0.15) is 13.2 Å². The molecule has 0 unspecified atom stereocenters. The summed E-state index contributed by atoms with van der Waals surface area (Å²) in [5.74, 6) is -1.67. The average Bonchev–Trinajstić information content (AvgIpc) is 2.49. The average molecular weight is 348 g/mol. The summed E-state index contributed by atoms with van der Waals surface area (Å²) in [6.45, 7) is 13.6. The topological polar surface area (TPSA) is 17.1 Å². The fourth-order valence-electron chi connectivity index (χ4n) is 1.99. The molecular formula is C19H28F4O. The highest BCUT2D eigenvalue weighted by Gasteiger charge is 2.38. The molecule has 0 saturated carbocycles. The third-order valence-electron chi connectivity index (χ3n) is 3.09. The van der Waals surface area contributed by atoms with E-state index < -0.39 is 28.9 Å². The van der Waals surface area contributed by atoms with Gasteiger partial charge >= 0.3 is 6.18 Å². The van der Waals surface area contributed by atoms with Gasteiger partial charge in [-0.3, -0.25) is 4.79 Å². The van der Waals surface area contributed by atoms with Crippen LogP contribution in [-0.2, 0) is 4.79 Å². The van der Waals surface area contributed by atoms with Gasteiger partial charge in [0, 0.05) is 5.57 Å². The van der Waals surface area contributed by atoms with E-state index in [0.717, 1.165) is 26.0 Å². The van der Waals surface area contributed by atoms with Gasteiger partial charge in [-0.05, 0) is 43.0 Å². The summed E-state index contributed by atoms with van der Waals surface area (Å²) in [6.07, 6.45) is -4.72. The molecule has 0 atom stereocenters. The van der Waals surface area contributed by atoms with Crippen molar-refractivity contribution >= 4 is 11.4 Å². The molecule has 0 spiro atoms. The first-order valence-electron chi connectivity index (χ1n) is 8.14. The van der Waals surface area contributed by atoms with Crippen LogP contribution in [0.15, 0.2) is 23.8 Å². The van der Waals surface area contributed by atoms with Gasteiger partial charge < -0.3 is 0 Å². The predicted molar refractivity (Wildman–Crippen MR) is 92.5 cm³/mol. The summed E-state index contributed by atoms with van der Waals surface area (Å²) in [7, 11) is 0. The molecule has 5 heteroatoms. The van der Waals surface area contributed by atoms with E-state index in [1.165, 1.54) is 6.07 Å². The van der Waals surface area contributed by atoms with Crippen LogP contribution in [-0.4, -0.2) is 12.0 Å². The van der Waals surface area contributed by atoms with Gasteiger partial charge in [0.05, 0.1) is 5.57 Å². The Morgan fingerprint density at radius 1 is 1.00 bits per heavy atom. The maximum Gasteiger partial charge on any atom is 0.417 e. The number of alkyl halides is 3. The lowest BCUT2D eigenvalue weighted by molar-refractivity contribution is -0.114. The Morgan fingerprint density at radius 3 is 1.79 bits per heavy atom. The van der Waals surface area contributed by atoms with Crippen molar-refractivity contribution in [3.8, 4) is 0 Å². The van der Waals surface area contributed by atoms with Crippen LogP contribution in [0.1, 0.15) is 72.4 Å². The zero-order valence-electron chi connectivity index (χ0n) is 15.7. The molecule has 0 aromatic heterocycles. The lowest BCUT2D eigenvalue weighted by Gasteiger charge is -2.20. The van der Waals surface area contributed by atoms with Crippen LogP contribution in [0.2, 0.25) is 0 Å². The molecular weight excluding hydrogens is 320 g/mol. The second-order valence-corrected chi connectivity index (χ2v) is 4.94. The first-order valence-corrected chi connectivity index (χ1v) is 8.14. The third kappa shape index (κ3) is 6.85. The third-order valence-corrected chi connectivity index (χ3v) is 3.09. The molecule has 0 aliphatic carbocycles. The Morgan fingerprint density at radius 2 is 1.46 bits per heavy atom. The minimum Gasteiger partial charge on any atom is -0.295 e.